The summed E-state index contributed by atoms with van der Waals surface area (Å²) >= 11 is 0. The highest BCUT2D eigenvalue weighted by Gasteiger charge is 2.25. The average molecular weight is 365 g/mol. The molecule has 5 nitrogen and oxygen atoms in total. The van der Waals surface area contributed by atoms with Crippen molar-refractivity contribution in [2.24, 2.45) is 0 Å². The van der Waals surface area contributed by atoms with Crippen LogP contribution >= 0.6 is 0 Å². The fraction of sp³-hybridized carbons (Fsp3) is 0.500. The third kappa shape index (κ3) is 3.55. The third-order valence-electron chi connectivity index (χ3n) is 6.00. The van der Waals surface area contributed by atoms with Gasteiger partial charge in [0.1, 0.15) is 0 Å². The first-order chi connectivity index (χ1) is 13.2. The molecule has 1 aromatic heterocycles. The fourth-order valence-electron chi connectivity index (χ4n) is 4.71. The predicted octanol–water partition coefficient (Wildman–Crippen LogP) is 4.87. The number of aryl methyl sites for hydroxylation is 2. The Labute approximate surface area is 160 Å². The molecule has 0 unspecified atom stereocenters. The summed E-state index contributed by atoms with van der Waals surface area (Å²) in [6.45, 7) is 2.83. The van der Waals surface area contributed by atoms with Crippen molar-refractivity contribution in [2.75, 3.05) is 11.4 Å². The summed E-state index contributed by atoms with van der Waals surface area (Å²) in [6, 6.07) is 4.67. The number of hydrogen-bond acceptors (Lipinski definition) is 4. The Kier molecular flexibility index (Phi) is 5.10. The van der Waals surface area contributed by atoms with Gasteiger partial charge in [0, 0.05) is 24.6 Å². The van der Waals surface area contributed by atoms with Crippen LogP contribution in [0, 0.1) is 0 Å². The number of aromatic carboxylic acids is 1. The summed E-state index contributed by atoms with van der Waals surface area (Å²) in [7, 11) is 0. The van der Waals surface area contributed by atoms with E-state index in [0.29, 0.717) is 5.95 Å². The molecule has 0 aliphatic heterocycles. The highest BCUT2D eigenvalue weighted by atomic mass is 16.4. The van der Waals surface area contributed by atoms with Gasteiger partial charge in [0.15, 0.2) is 0 Å². The van der Waals surface area contributed by atoms with Gasteiger partial charge in [0.25, 0.3) is 0 Å². The standard InChI is InChI=1S/C22H27N3O2/c1-2-25(22-23-13-18(14-24-22)21(26)27)19-11-16-9-5-3-7-15-8-4-6-10-17(12-19)20(15)16/h11-15H,2-10H2,1H3,(H,26,27). The Balaban J connectivity index is 1.75. The summed E-state index contributed by atoms with van der Waals surface area (Å²) < 4.78 is 0. The second kappa shape index (κ2) is 7.67. The van der Waals surface area contributed by atoms with Gasteiger partial charge < -0.3 is 10.0 Å². The lowest BCUT2D eigenvalue weighted by Crippen LogP contribution is -2.20. The maximum atomic E-state index is 11.1. The van der Waals surface area contributed by atoms with Crippen molar-refractivity contribution in [3.05, 3.63) is 46.8 Å². The van der Waals surface area contributed by atoms with E-state index in [2.05, 4.69) is 33.9 Å². The molecule has 1 N–H and O–H groups in total. The quantitative estimate of drug-likeness (QED) is 0.837. The molecule has 1 heterocycles. The summed E-state index contributed by atoms with van der Waals surface area (Å²) in [5.41, 5.74) is 5.90. The van der Waals surface area contributed by atoms with Crippen LogP contribution in [0.15, 0.2) is 24.5 Å². The van der Waals surface area contributed by atoms with Crippen molar-refractivity contribution < 1.29 is 9.90 Å². The lowest BCUT2D eigenvalue weighted by Gasteiger charge is -2.25. The second-order valence-corrected chi connectivity index (χ2v) is 7.69. The number of hydrogen-bond donors (Lipinski definition) is 1. The molecule has 0 saturated carbocycles. The minimum absolute atomic E-state index is 0.117. The number of nitrogens with zero attached hydrogens (tertiary/aromatic N) is 3. The highest BCUT2D eigenvalue weighted by Crippen LogP contribution is 2.41. The van der Waals surface area contributed by atoms with Crippen molar-refractivity contribution in [3.63, 3.8) is 0 Å². The first-order valence-electron chi connectivity index (χ1n) is 10.2. The van der Waals surface area contributed by atoms with E-state index in [9.17, 15) is 4.79 Å². The van der Waals surface area contributed by atoms with Crippen molar-refractivity contribution in [1.29, 1.82) is 0 Å². The molecule has 142 valence electrons. The monoisotopic (exact) mass is 365 g/mol. The van der Waals surface area contributed by atoms with Gasteiger partial charge in [-0.25, -0.2) is 14.8 Å². The maximum absolute atomic E-state index is 11.1. The lowest BCUT2D eigenvalue weighted by molar-refractivity contribution is 0.0696. The van der Waals surface area contributed by atoms with Gasteiger partial charge >= 0.3 is 5.97 Å². The van der Waals surface area contributed by atoms with Crippen molar-refractivity contribution in [2.45, 2.75) is 64.2 Å². The zero-order valence-corrected chi connectivity index (χ0v) is 15.9. The SMILES string of the molecule is CCN(c1cc2c3c(c1)CCCCC3CCCC2)c1ncc(C(=O)O)cn1. The number of anilines is 2. The molecule has 0 bridgehead atoms. The molecule has 1 aromatic carbocycles. The molecule has 0 atom stereocenters. The van der Waals surface area contributed by atoms with E-state index < -0.39 is 5.97 Å². The minimum atomic E-state index is -0.999. The Morgan fingerprint density at radius 3 is 2.19 bits per heavy atom. The first kappa shape index (κ1) is 18.0. The molecule has 2 aliphatic rings. The van der Waals surface area contributed by atoms with Crippen LogP contribution in [0.3, 0.4) is 0 Å². The van der Waals surface area contributed by atoms with E-state index in [1.54, 1.807) is 5.56 Å². The van der Waals surface area contributed by atoms with Gasteiger partial charge in [-0.05, 0) is 80.2 Å². The molecule has 2 aromatic rings. The van der Waals surface area contributed by atoms with Crippen molar-refractivity contribution in [1.82, 2.24) is 9.97 Å². The van der Waals surface area contributed by atoms with Crippen molar-refractivity contribution >= 4 is 17.6 Å². The smallest absolute Gasteiger partial charge is 0.338 e. The average Bonchev–Trinajstić information content (AvgIpc) is 3.01. The molecule has 5 heteroatoms. The van der Waals surface area contributed by atoms with Crippen LogP contribution in [-0.4, -0.2) is 27.6 Å². The number of carbonyl (C=O) groups is 1. The molecule has 0 amide bonds. The summed E-state index contributed by atoms with van der Waals surface area (Å²) in [4.78, 5) is 21.8. The summed E-state index contributed by atoms with van der Waals surface area (Å²) in [6.07, 6.45) is 12.9. The van der Waals surface area contributed by atoms with Gasteiger partial charge in [-0.3, -0.25) is 0 Å². The number of rotatable bonds is 4. The third-order valence-corrected chi connectivity index (χ3v) is 6.00. The molecular weight excluding hydrogens is 338 g/mol. The Hall–Kier alpha value is -2.43. The van der Waals surface area contributed by atoms with E-state index in [1.807, 2.05) is 0 Å². The van der Waals surface area contributed by atoms with E-state index >= 15 is 0 Å². The first-order valence-corrected chi connectivity index (χ1v) is 10.2. The predicted molar refractivity (Wildman–Crippen MR) is 106 cm³/mol. The number of carboxylic acid groups (broad SMARTS) is 1. The Bertz CT molecular complexity index is 799. The summed E-state index contributed by atoms with van der Waals surface area (Å²) in [5, 5.41) is 9.08. The summed E-state index contributed by atoms with van der Waals surface area (Å²) in [5.74, 6) is 0.296. The molecule has 0 radical (unpaired) electrons. The van der Waals surface area contributed by atoms with E-state index in [0.717, 1.165) is 31.0 Å². The molecule has 4 rings (SSSR count). The number of aromatic nitrogens is 2. The van der Waals surface area contributed by atoms with E-state index in [1.165, 1.54) is 62.0 Å². The minimum Gasteiger partial charge on any atom is -0.478 e. The maximum Gasteiger partial charge on any atom is 0.338 e. The Morgan fingerprint density at radius 1 is 1.07 bits per heavy atom. The normalized spacial score (nSPS) is 16.9. The zero-order valence-electron chi connectivity index (χ0n) is 15.9. The largest absolute Gasteiger partial charge is 0.478 e. The Morgan fingerprint density at radius 2 is 1.67 bits per heavy atom. The molecule has 0 fully saturated rings. The molecule has 27 heavy (non-hydrogen) atoms. The van der Waals surface area contributed by atoms with Crippen LogP contribution in [-0.2, 0) is 12.8 Å². The van der Waals surface area contributed by atoms with E-state index in [4.69, 9.17) is 5.11 Å². The topological polar surface area (TPSA) is 66.3 Å². The number of benzene rings is 1. The van der Waals surface area contributed by atoms with Crippen LogP contribution in [0.4, 0.5) is 11.6 Å². The second-order valence-electron chi connectivity index (χ2n) is 7.69. The van der Waals surface area contributed by atoms with Crippen LogP contribution in [0.25, 0.3) is 0 Å². The van der Waals surface area contributed by atoms with E-state index in [-0.39, 0.29) is 5.56 Å². The van der Waals surface area contributed by atoms with Crippen LogP contribution in [0.2, 0.25) is 0 Å². The van der Waals surface area contributed by atoms with Gasteiger partial charge in [0.05, 0.1) is 5.56 Å². The van der Waals surface area contributed by atoms with Gasteiger partial charge in [-0.1, -0.05) is 12.8 Å². The van der Waals surface area contributed by atoms with Crippen LogP contribution < -0.4 is 4.90 Å². The van der Waals surface area contributed by atoms with Gasteiger partial charge in [0.2, 0.25) is 5.95 Å². The van der Waals surface area contributed by atoms with Gasteiger partial charge in [-0.2, -0.15) is 0 Å². The van der Waals surface area contributed by atoms with Gasteiger partial charge in [-0.15, -0.1) is 0 Å². The van der Waals surface area contributed by atoms with Crippen molar-refractivity contribution in [3.8, 4) is 0 Å². The zero-order chi connectivity index (χ0) is 18.8. The van der Waals surface area contributed by atoms with Crippen LogP contribution in [0.5, 0.6) is 0 Å². The molecule has 0 saturated heterocycles. The molecule has 0 spiro atoms. The van der Waals surface area contributed by atoms with Crippen LogP contribution in [0.1, 0.15) is 78.4 Å². The molecule has 2 aliphatic carbocycles. The highest BCUT2D eigenvalue weighted by molar-refractivity contribution is 5.86. The number of carboxylic acids is 1. The fourth-order valence-corrected chi connectivity index (χ4v) is 4.71. The lowest BCUT2D eigenvalue weighted by atomic mass is 9.86. The molecular formula is C22H27N3O2.